The van der Waals surface area contributed by atoms with Gasteiger partial charge in [0.05, 0.1) is 12.8 Å². The maximum absolute atomic E-state index is 5.68. The van der Waals surface area contributed by atoms with E-state index in [1.54, 1.807) is 12.3 Å². The minimum absolute atomic E-state index is 0.422. The molecule has 0 spiro atoms. The van der Waals surface area contributed by atoms with E-state index < -0.39 is 0 Å². The highest BCUT2D eigenvalue weighted by atomic mass is 16.5. The quantitative estimate of drug-likeness (QED) is 0.707. The topological polar surface area (TPSA) is 61.0 Å². The molecule has 2 aromatic rings. The third kappa shape index (κ3) is 1.26. The summed E-state index contributed by atoms with van der Waals surface area (Å²) < 4.78 is 4.98. The summed E-state index contributed by atoms with van der Waals surface area (Å²) in [4.78, 5) is 8.22. The Balaban J connectivity index is 2.74. The second-order valence-corrected chi connectivity index (χ2v) is 2.64. The Kier molecular flexibility index (Phi) is 1.73. The number of aromatic nitrogens is 2. The summed E-state index contributed by atoms with van der Waals surface area (Å²) >= 11 is 0. The fourth-order valence-corrected chi connectivity index (χ4v) is 1.17. The zero-order valence-electron chi connectivity index (χ0n) is 7.19. The van der Waals surface area contributed by atoms with E-state index >= 15 is 0 Å². The van der Waals surface area contributed by atoms with Gasteiger partial charge in [0, 0.05) is 11.6 Å². The summed E-state index contributed by atoms with van der Waals surface area (Å²) in [5.74, 6) is 0.422. The Morgan fingerprint density at radius 2 is 2.31 bits per heavy atom. The van der Waals surface area contributed by atoms with E-state index in [-0.39, 0.29) is 0 Å². The monoisotopic (exact) mass is 175 g/mol. The highest BCUT2D eigenvalue weighted by Crippen LogP contribution is 2.21. The van der Waals surface area contributed by atoms with Crippen molar-refractivity contribution >= 4 is 16.7 Å². The largest absolute Gasteiger partial charge is 0.479 e. The number of ether oxygens (including phenoxy) is 1. The van der Waals surface area contributed by atoms with E-state index in [1.807, 2.05) is 12.1 Å². The van der Waals surface area contributed by atoms with Crippen molar-refractivity contribution in [1.29, 1.82) is 0 Å². The number of pyridine rings is 2. The fourth-order valence-electron chi connectivity index (χ4n) is 1.17. The van der Waals surface area contributed by atoms with Gasteiger partial charge in [0.15, 0.2) is 5.65 Å². The van der Waals surface area contributed by atoms with Gasteiger partial charge >= 0.3 is 0 Å². The van der Waals surface area contributed by atoms with Gasteiger partial charge in [-0.25, -0.2) is 4.98 Å². The predicted molar refractivity (Wildman–Crippen MR) is 50.5 cm³/mol. The van der Waals surface area contributed by atoms with Gasteiger partial charge in [-0.2, -0.15) is 4.98 Å². The van der Waals surface area contributed by atoms with Gasteiger partial charge in [-0.3, -0.25) is 0 Å². The SMILES string of the molecule is COc1nc2ncccc2cc1N. The average Bonchev–Trinajstić information content (AvgIpc) is 2.17. The third-order valence-corrected chi connectivity index (χ3v) is 1.78. The van der Waals surface area contributed by atoms with E-state index in [1.165, 1.54) is 7.11 Å². The molecule has 0 aromatic carbocycles. The van der Waals surface area contributed by atoms with Crippen LogP contribution >= 0.6 is 0 Å². The molecule has 0 aliphatic heterocycles. The van der Waals surface area contributed by atoms with Gasteiger partial charge in [-0.1, -0.05) is 0 Å². The summed E-state index contributed by atoms with van der Waals surface area (Å²) in [6, 6.07) is 5.55. The van der Waals surface area contributed by atoms with Crippen LogP contribution in [-0.2, 0) is 0 Å². The fraction of sp³-hybridized carbons (Fsp3) is 0.111. The molecular weight excluding hydrogens is 166 g/mol. The van der Waals surface area contributed by atoms with Crippen molar-refractivity contribution in [2.24, 2.45) is 0 Å². The Labute approximate surface area is 75.4 Å². The highest BCUT2D eigenvalue weighted by Gasteiger charge is 2.03. The van der Waals surface area contributed by atoms with Crippen LogP contribution < -0.4 is 10.5 Å². The number of methoxy groups -OCH3 is 1. The van der Waals surface area contributed by atoms with Gasteiger partial charge in [-0.05, 0) is 18.2 Å². The number of nitrogens with two attached hydrogens (primary N) is 1. The smallest absolute Gasteiger partial charge is 0.238 e. The number of fused-ring (bicyclic) bond motifs is 1. The molecule has 66 valence electrons. The summed E-state index contributed by atoms with van der Waals surface area (Å²) in [5, 5.41) is 0.917. The third-order valence-electron chi connectivity index (χ3n) is 1.78. The van der Waals surface area contributed by atoms with Crippen molar-refractivity contribution < 1.29 is 4.74 Å². The Morgan fingerprint density at radius 1 is 1.46 bits per heavy atom. The van der Waals surface area contributed by atoms with Crippen LogP contribution in [0.4, 0.5) is 5.69 Å². The minimum atomic E-state index is 0.422. The first-order valence-electron chi connectivity index (χ1n) is 3.86. The second-order valence-electron chi connectivity index (χ2n) is 2.64. The van der Waals surface area contributed by atoms with Gasteiger partial charge in [-0.15, -0.1) is 0 Å². The van der Waals surface area contributed by atoms with Crippen LogP contribution in [0.2, 0.25) is 0 Å². The lowest BCUT2D eigenvalue weighted by Crippen LogP contribution is -1.96. The zero-order chi connectivity index (χ0) is 9.26. The molecule has 0 bridgehead atoms. The van der Waals surface area contributed by atoms with Gasteiger partial charge < -0.3 is 10.5 Å². The normalized spacial score (nSPS) is 10.2. The summed E-state index contributed by atoms with van der Waals surface area (Å²) in [6.07, 6.45) is 1.69. The predicted octanol–water partition coefficient (Wildman–Crippen LogP) is 1.22. The molecule has 0 unspecified atom stereocenters. The standard InChI is InChI=1S/C9H9N3O/c1-13-9-7(10)5-6-3-2-4-11-8(6)12-9/h2-5H,10H2,1H3. The van der Waals surface area contributed by atoms with Crippen molar-refractivity contribution in [3.05, 3.63) is 24.4 Å². The molecule has 0 radical (unpaired) electrons. The molecule has 13 heavy (non-hydrogen) atoms. The molecule has 0 aliphatic rings. The van der Waals surface area contributed by atoms with Crippen molar-refractivity contribution in [3.8, 4) is 5.88 Å². The van der Waals surface area contributed by atoms with Crippen molar-refractivity contribution in [1.82, 2.24) is 9.97 Å². The summed E-state index contributed by atoms with van der Waals surface area (Å²) in [6.45, 7) is 0. The first kappa shape index (κ1) is 7.79. The van der Waals surface area contributed by atoms with Crippen LogP contribution in [0.1, 0.15) is 0 Å². The molecular formula is C9H9N3O. The van der Waals surface area contributed by atoms with Gasteiger partial charge in [0.25, 0.3) is 0 Å². The Morgan fingerprint density at radius 3 is 3.08 bits per heavy atom. The van der Waals surface area contributed by atoms with Crippen molar-refractivity contribution in [2.45, 2.75) is 0 Å². The van der Waals surface area contributed by atoms with Crippen molar-refractivity contribution in [2.75, 3.05) is 12.8 Å². The Bertz CT molecular complexity index is 442. The molecule has 2 N–H and O–H groups in total. The lowest BCUT2D eigenvalue weighted by Gasteiger charge is -2.03. The van der Waals surface area contributed by atoms with Crippen LogP contribution in [0.5, 0.6) is 5.88 Å². The summed E-state index contributed by atoms with van der Waals surface area (Å²) in [5.41, 5.74) is 6.86. The summed E-state index contributed by atoms with van der Waals surface area (Å²) in [7, 11) is 1.54. The number of hydrogen-bond donors (Lipinski definition) is 1. The molecule has 2 heterocycles. The second kappa shape index (κ2) is 2.90. The molecule has 4 nitrogen and oxygen atoms in total. The van der Waals surface area contributed by atoms with Crippen molar-refractivity contribution in [3.63, 3.8) is 0 Å². The maximum Gasteiger partial charge on any atom is 0.238 e. The molecule has 2 aromatic heterocycles. The van der Waals surface area contributed by atoms with Crippen LogP contribution in [0.15, 0.2) is 24.4 Å². The number of hydrogen-bond acceptors (Lipinski definition) is 4. The van der Waals surface area contributed by atoms with E-state index in [4.69, 9.17) is 10.5 Å². The van der Waals surface area contributed by atoms with Gasteiger partial charge in [0.1, 0.15) is 0 Å². The molecule has 0 fully saturated rings. The molecule has 4 heteroatoms. The average molecular weight is 175 g/mol. The number of anilines is 1. The van der Waals surface area contributed by atoms with Gasteiger partial charge in [0.2, 0.25) is 5.88 Å². The van der Waals surface area contributed by atoms with Crippen LogP contribution in [0.25, 0.3) is 11.0 Å². The first-order valence-corrected chi connectivity index (χ1v) is 3.86. The number of rotatable bonds is 1. The van der Waals surface area contributed by atoms with E-state index in [0.29, 0.717) is 17.2 Å². The lowest BCUT2D eigenvalue weighted by atomic mass is 10.3. The lowest BCUT2D eigenvalue weighted by molar-refractivity contribution is 0.401. The number of nitrogen functional groups attached to an aromatic ring is 1. The van der Waals surface area contributed by atoms with Crippen LogP contribution in [0, 0.1) is 0 Å². The van der Waals surface area contributed by atoms with E-state index in [9.17, 15) is 0 Å². The van der Waals surface area contributed by atoms with E-state index in [2.05, 4.69) is 9.97 Å². The Hall–Kier alpha value is -1.84. The first-order chi connectivity index (χ1) is 6.31. The van der Waals surface area contributed by atoms with Crippen LogP contribution in [0.3, 0.4) is 0 Å². The van der Waals surface area contributed by atoms with E-state index in [0.717, 1.165) is 5.39 Å². The molecule has 2 rings (SSSR count). The zero-order valence-corrected chi connectivity index (χ0v) is 7.19. The van der Waals surface area contributed by atoms with Crippen LogP contribution in [-0.4, -0.2) is 17.1 Å². The minimum Gasteiger partial charge on any atom is -0.479 e. The molecule has 0 aliphatic carbocycles. The number of nitrogens with zero attached hydrogens (tertiary/aromatic N) is 2. The molecule has 0 saturated carbocycles. The molecule has 0 amide bonds. The molecule has 0 atom stereocenters. The maximum atomic E-state index is 5.68. The molecule has 0 saturated heterocycles. The highest BCUT2D eigenvalue weighted by molar-refractivity contribution is 5.79.